The van der Waals surface area contributed by atoms with Crippen molar-refractivity contribution in [3.8, 4) is 0 Å². The maximum absolute atomic E-state index is 12.8. The van der Waals surface area contributed by atoms with Crippen LogP contribution >= 0.6 is 15.9 Å². The maximum Gasteiger partial charge on any atom is 0.312 e. The highest BCUT2D eigenvalue weighted by Crippen LogP contribution is 2.64. The van der Waals surface area contributed by atoms with E-state index in [1.165, 1.54) is 19.3 Å². The minimum Gasteiger partial charge on any atom is -0.457 e. The van der Waals surface area contributed by atoms with E-state index in [4.69, 9.17) is 4.74 Å². The van der Waals surface area contributed by atoms with Gasteiger partial charge >= 0.3 is 5.97 Å². The molecule has 4 aliphatic carbocycles. The number of ether oxygens (including phenoxy) is 1. The molecule has 0 aliphatic heterocycles. The third-order valence-corrected chi connectivity index (χ3v) is 6.78. The predicted octanol–water partition coefficient (Wildman–Crippen LogP) is 4.15. The van der Waals surface area contributed by atoms with Gasteiger partial charge in [0.1, 0.15) is 0 Å². The lowest BCUT2D eigenvalue weighted by Gasteiger charge is -2.58. The lowest BCUT2D eigenvalue weighted by Crippen LogP contribution is -2.56. The van der Waals surface area contributed by atoms with Crippen LogP contribution in [0.15, 0.2) is 30.3 Å². The van der Waals surface area contributed by atoms with Crippen LogP contribution in [0.1, 0.15) is 48.9 Å². The first-order valence-corrected chi connectivity index (χ1v) is 9.22. The third kappa shape index (κ3) is 2.75. The summed E-state index contributed by atoms with van der Waals surface area (Å²) in [5.41, 5.74) is 0.243. The summed E-state index contributed by atoms with van der Waals surface area (Å²) < 4.78 is 5.60. The molecule has 0 radical (unpaired) electrons. The van der Waals surface area contributed by atoms with Crippen LogP contribution < -0.4 is 0 Å². The van der Waals surface area contributed by atoms with Gasteiger partial charge in [0.15, 0.2) is 12.4 Å². The molecule has 3 nitrogen and oxygen atoms in total. The molecule has 0 spiro atoms. The van der Waals surface area contributed by atoms with Crippen LogP contribution in [-0.2, 0) is 9.53 Å². The lowest BCUT2D eigenvalue weighted by atomic mass is 9.49. The molecular weight excluding hydrogens is 356 g/mol. The van der Waals surface area contributed by atoms with E-state index in [1.807, 2.05) is 18.2 Å². The second-order valence-electron chi connectivity index (χ2n) is 7.76. The monoisotopic (exact) mass is 376 g/mol. The SMILES string of the molecule is O=C(COC(=O)C12C[C@@H]3C[C@@H](CC(Br)(C3)C1)C2)c1ccccc1. The molecule has 1 aromatic rings. The van der Waals surface area contributed by atoms with Crippen LogP contribution in [0.3, 0.4) is 0 Å². The number of Topliss-reactive ketones (excluding diaryl/α,β-unsaturated/α-hetero) is 1. The van der Waals surface area contributed by atoms with Crippen LogP contribution in [0.25, 0.3) is 0 Å². The largest absolute Gasteiger partial charge is 0.457 e. The average Bonchev–Trinajstić information content (AvgIpc) is 2.50. The molecule has 122 valence electrons. The van der Waals surface area contributed by atoms with Crippen molar-refractivity contribution in [1.29, 1.82) is 0 Å². The van der Waals surface area contributed by atoms with Gasteiger partial charge in [-0.25, -0.2) is 0 Å². The Bertz CT molecular complexity index is 625. The fraction of sp³-hybridized carbons (Fsp3) is 0.579. The van der Waals surface area contributed by atoms with Crippen molar-refractivity contribution in [2.24, 2.45) is 17.3 Å². The maximum atomic E-state index is 12.8. The fourth-order valence-electron chi connectivity index (χ4n) is 5.38. The quantitative estimate of drug-likeness (QED) is 0.450. The number of ketones is 1. The van der Waals surface area contributed by atoms with Crippen molar-refractivity contribution >= 4 is 27.7 Å². The second-order valence-corrected chi connectivity index (χ2v) is 9.44. The smallest absolute Gasteiger partial charge is 0.312 e. The first-order chi connectivity index (χ1) is 11.0. The zero-order valence-corrected chi connectivity index (χ0v) is 14.7. The van der Waals surface area contributed by atoms with Crippen molar-refractivity contribution in [1.82, 2.24) is 0 Å². The number of esters is 1. The fourth-order valence-corrected chi connectivity index (χ4v) is 6.83. The van der Waals surface area contributed by atoms with Gasteiger partial charge in [0, 0.05) is 9.89 Å². The summed E-state index contributed by atoms with van der Waals surface area (Å²) in [7, 11) is 0. The van der Waals surface area contributed by atoms with Crippen LogP contribution in [0, 0.1) is 17.3 Å². The first kappa shape index (κ1) is 15.4. The van der Waals surface area contributed by atoms with Crippen molar-refractivity contribution < 1.29 is 14.3 Å². The summed E-state index contributed by atoms with van der Waals surface area (Å²) in [4.78, 5) is 24.9. The van der Waals surface area contributed by atoms with Gasteiger partial charge in [-0.05, 0) is 50.4 Å². The van der Waals surface area contributed by atoms with Crippen molar-refractivity contribution in [3.05, 3.63) is 35.9 Å². The van der Waals surface area contributed by atoms with E-state index in [2.05, 4.69) is 15.9 Å². The Balaban J connectivity index is 1.44. The van der Waals surface area contributed by atoms with Gasteiger partial charge in [0.25, 0.3) is 0 Å². The number of hydrogen-bond donors (Lipinski definition) is 0. The lowest BCUT2D eigenvalue weighted by molar-refractivity contribution is -0.168. The van der Waals surface area contributed by atoms with Gasteiger partial charge in [-0.3, -0.25) is 9.59 Å². The predicted molar refractivity (Wildman–Crippen MR) is 90.5 cm³/mol. The molecule has 1 aromatic carbocycles. The van der Waals surface area contributed by atoms with Gasteiger partial charge in [-0.1, -0.05) is 46.3 Å². The van der Waals surface area contributed by atoms with Gasteiger partial charge in [-0.15, -0.1) is 0 Å². The number of benzene rings is 1. The summed E-state index contributed by atoms with van der Waals surface area (Å²) in [5, 5.41) is 0. The molecule has 2 unspecified atom stereocenters. The summed E-state index contributed by atoms with van der Waals surface area (Å²) in [6.45, 7) is -0.144. The van der Waals surface area contributed by atoms with E-state index in [0.29, 0.717) is 17.4 Å². The minimum atomic E-state index is -0.357. The van der Waals surface area contributed by atoms with Gasteiger partial charge < -0.3 is 4.74 Å². The van der Waals surface area contributed by atoms with Gasteiger partial charge in [-0.2, -0.15) is 0 Å². The van der Waals surface area contributed by atoms with E-state index in [0.717, 1.165) is 19.3 Å². The molecule has 4 bridgehead atoms. The Morgan fingerprint density at radius 1 is 1.09 bits per heavy atom. The van der Waals surface area contributed by atoms with E-state index >= 15 is 0 Å². The van der Waals surface area contributed by atoms with E-state index in [-0.39, 0.29) is 28.1 Å². The molecule has 5 rings (SSSR count). The van der Waals surface area contributed by atoms with E-state index in [1.54, 1.807) is 12.1 Å². The highest BCUT2D eigenvalue weighted by molar-refractivity contribution is 9.10. The molecule has 4 fully saturated rings. The number of rotatable bonds is 4. The molecule has 0 aromatic heterocycles. The Labute approximate surface area is 144 Å². The standard InChI is InChI=1S/C19H21BrO3/c20-19-9-13-6-14(10-19)8-18(7-13,12-19)17(22)23-11-16(21)15-4-2-1-3-5-15/h1-5,13-14H,6-12H2/t13-,14+,18?,19?. The zero-order chi connectivity index (χ0) is 16.1. The number of carbonyl (C=O) groups is 2. The molecule has 4 heteroatoms. The molecule has 4 atom stereocenters. The summed E-state index contributed by atoms with van der Waals surface area (Å²) in [6.07, 6.45) is 6.37. The van der Waals surface area contributed by atoms with Crippen LogP contribution in [0.4, 0.5) is 0 Å². The number of halogens is 1. The molecule has 0 heterocycles. The van der Waals surface area contributed by atoms with Crippen LogP contribution in [0.5, 0.6) is 0 Å². The molecule has 0 N–H and O–H groups in total. The van der Waals surface area contributed by atoms with Crippen LogP contribution in [0.2, 0.25) is 0 Å². The topological polar surface area (TPSA) is 43.4 Å². The highest BCUT2D eigenvalue weighted by Gasteiger charge is 2.60. The molecule has 4 saturated carbocycles. The number of carbonyl (C=O) groups excluding carboxylic acids is 2. The van der Waals surface area contributed by atoms with Crippen LogP contribution in [-0.4, -0.2) is 22.7 Å². The van der Waals surface area contributed by atoms with Gasteiger partial charge in [0.05, 0.1) is 5.41 Å². The molecular formula is C19H21BrO3. The Hall–Kier alpha value is -1.16. The molecule has 0 amide bonds. The third-order valence-electron chi connectivity index (χ3n) is 5.85. The Morgan fingerprint density at radius 3 is 2.35 bits per heavy atom. The Kier molecular flexibility index (Phi) is 3.63. The average molecular weight is 377 g/mol. The Morgan fingerprint density at radius 2 is 1.74 bits per heavy atom. The van der Waals surface area contributed by atoms with Crippen molar-refractivity contribution in [2.75, 3.05) is 6.61 Å². The second kappa shape index (κ2) is 5.44. The van der Waals surface area contributed by atoms with Crippen molar-refractivity contribution in [2.45, 2.75) is 42.8 Å². The first-order valence-electron chi connectivity index (χ1n) is 8.43. The molecule has 4 aliphatic rings. The van der Waals surface area contributed by atoms with Crippen molar-refractivity contribution in [3.63, 3.8) is 0 Å². The normalized spacial score (nSPS) is 37.6. The molecule has 0 saturated heterocycles. The highest BCUT2D eigenvalue weighted by atomic mass is 79.9. The molecule has 23 heavy (non-hydrogen) atoms. The summed E-state index contributed by atoms with van der Waals surface area (Å²) in [6, 6.07) is 9.03. The minimum absolute atomic E-state index is 0.125. The van der Waals surface area contributed by atoms with E-state index < -0.39 is 0 Å². The van der Waals surface area contributed by atoms with Gasteiger partial charge in [0.2, 0.25) is 0 Å². The van der Waals surface area contributed by atoms with E-state index in [9.17, 15) is 9.59 Å². The number of hydrogen-bond acceptors (Lipinski definition) is 3. The zero-order valence-electron chi connectivity index (χ0n) is 13.1. The summed E-state index contributed by atoms with van der Waals surface area (Å²) >= 11 is 3.90. The number of alkyl halides is 1. The summed E-state index contributed by atoms with van der Waals surface area (Å²) in [5.74, 6) is 0.984.